The third-order valence-electron chi connectivity index (χ3n) is 5.57. The summed E-state index contributed by atoms with van der Waals surface area (Å²) in [7, 11) is -2.54. The van der Waals surface area contributed by atoms with E-state index in [1.807, 2.05) is 0 Å². The van der Waals surface area contributed by atoms with E-state index in [1.54, 1.807) is 68.4 Å². The van der Waals surface area contributed by atoms with Crippen molar-refractivity contribution in [2.24, 2.45) is 0 Å². The summed E-state index contributed by atoms with van der Waals surface area (Å²) in [4.78, 5) is 24.9. The molecule has 0 bridgehead atoms. The molecule has 1 amide bonds. The standard InChI is InChI=1S/C25H25ClN2O6S/c1-15-12-23(16(2)11-21(15)26)35(33,34)27-20-6-4-5-19(13-20)17-7-9-18(10-8-17)24(30)28(3)22(14-29)25(31)32/h4-13,22,27,29H,14H2,1-3H3,(H,31,32). The molecule has 0 spiro atoms. The largest absolute Gasteiger partial charge is 0.480 e. The number of benzene rings is 3. The number of hydrogen-bond acceptors (Lipinski definition) is 5. The van der Waals surface area contributed by atoms with Crippen LogP contribution < -0.4 is 4.72 Å². The fraction of sp³-hybridized carbons (Fsp3) is 0.200. The third kappa shape index (κ3) is 5.82. The zero-order chi connectivity index (χ0) is 25.9. The number of amides is 1. The molecule has 3 aromatic rings. The first kappa shape index (κ1) is 26.2. The van der Waals surface area contributed by atoms with Gasteiger partial charge in [0.2, 0.25) is 0 Å². The molecule has 35 heavy (non-hydrogen) atoms. The molecule has 0 aliphatic rings. The third-order valence-corrected chi connectivity index (χ3v) is 7.50. The van der Waals surface area contributed by atoms with E-state index < -0.39 is 34.5 Å². The molecule has 10 heteroatoms. The molecule has 0 fully saturated rings. The fourth-order valence-corrected chi connectivity index (χ4v) is 5.11. The first-order valence-corrected chi connectivity index (χ1v) is 12.4. The summed E-state index contributed by atoms with van der Waals surface area (Å²) in [6.07, 6.45) is 0. The lowest BCUT2D eigenvalue weighted by Crippen LogP contribution is -2.44. The lowest BCUT2D eigenvalue weighted by atomic mass is 10.0. The molecule has 0 saturated carbocycles. The van der Waals surface area contributed by atoms with Gasteiger partial charge in [0.15, 0.2) is 6.04 Å². The van der Waals surface area contributed by atoms with Crippen LogP contribution in [0.15, 0.2) is 65.6 Å². The molecule has 8 nitrogen and oxygen atoms in total. The highest BCUT2D eigenvalue weighted by atomic mass is 35.5. The normalized spacial score (nSPS) is 12.1. The minimum atomic E-state index is -3.85. The zero-order valence-corrected chi connectivity index (χ0v) is 20.9. The van der Waals surface area contributed by atoms with Crippen molar-refractivity contribution in [3.63, 3.8) is 0 Å². The summed E-state index contributed by atoms with van der Waals surface area (Å²) in [6, 6.07) is 15.0. The number of carbonyl (C=O) groups excluding carboxylic acids is 1. The number of carboxylic acid groups (broad SMARTS) is 1. The summed E-state index contributed by atoms with van der Waals surface area (Å²) in [5.41, 5.74) is 3.23. The second kappa shape index (κ2) is 10.5. The van der Waals surface area contributed by atoms with Crippen molar-refractivity contribution >= 4 is 39.2 Å². The van der Waals surface area contributed by atoms with Gasteiger partial charge in [-0.15, -0.1) is 0 Å². The number of aliphatic hydroxyl groups is 1. The molecular formula is C25H25ClN2O6S. The van der Waals surface area contributed by atoms with Gasteiger partial charge in [-0.25, -0.2) is 13.2 Å². The summed E-state index contributed by atoms with van der Waals surface area (Å²) >= 11 is 6.09. The van der Waals surface area contributed by atoms with Crippen LogP contribution in [0.1, 0.15) is 21.5 Å². The van der Waals surface area contributed by atoms with Crippen LogP contribution >= 0.6 is 11.6 Å². The minimum Gasteiger partial charge on any atom is -0.480 e. The Hall–Kier alpha value is -3.40. The number of aryl methyl sites for hydroxylation is 2. The van der Waals surface area contributed by atoms with Gasteiger partial charge in [0.05, 0.1) is 11.5 Å². The van der Waals surface area contributed by atoms with Gasteiger partial charge in [-0.3, -0.25) is 9.52 Å². The molecule has 0 saturated heterocycles. The highest BCUT2D eigenvalue weighted by molar-refractivity contribution is 7.92. The van der Waals surface area contributed by atoms with Crippen molar-refractivity contribution in [1.82, 2.24) is 4.90 Å². The monoisotopic (exact) mass is 516 g/mol. The van der Waals surface area contributed by atoms with Gasteiger partial charge in [0.25, 0.3) is 15.9 Å². The number of rotatable bonds is 8. The average molecular weight is 517 g/mol. The Morgan fingerprint density at radius 2 is 1.66 bits per heavy atom. The maximum absolute atomic E-state index is 13.0. The minimum absolute atomic E-state index is 0.138. The van der Waals surface area contributed by atoms with Crippen molar-refractivity contribution in [3.8, 4) is 11.1 Å². The molecule has 1 atom stereocenters. The Morgan fingerprint density at radius 1 is 1.00 bits per heavy atom. The summed E-state index contributed by atoms with van der Waals surface area (Å²) < 4.78 is 28.6. The number of sulfonamides is 1. The summed E-state index contributed by atoms with van der Waals surface area (Å²) in [6.45, 7) is 2.71. The summed E-state index contributed by atoms with van der Waals surface area (Å²) in [5, 5.41) is 18.9. The number of nitrogens with zero attached hydrogens (tertiary/aromatic N) is 1. The number of aliphatic hydroxyl groups excluding tert-OH is 1. The zero-order valence-electron chi connectivity index (χ0n) is 19.3. The van der Waals surface area contributed by atoms with Crippen LogP contribution in [-0.2, 0) is 14.8 Å². The van der Waals surface area contributed by atoms with Crippen LogP contribution in [0.5, 0.6) is 0 Å². The van der Waals surface area contributed by atoms with Crippen LogP contribution in [0.2, 0.25) is 5.02 Å². The maximum Gasteiger partial charge on any atom is 0.328 e. The smallest absolute Gasteiger partial charge is 0.328 e. The molecule has 0 heterocycles. The number of carboxylic acids is 1. The molecule has 0 aliphatic carbocycles. The van der Waals surface area contributed by atoms with Gasteiger partial charge in [-0.05, 0) is 72.5 Å². The fourth-order valence-electron chi connectivity index (χ4n) is 3.53. The number of hydrogen-bond donors (Lipinski definition) is 3. The topological polar surface area (TPSA) is 124 Å². The van der Waals surface area contributed by atoms with Crippen LogP contribution in [0.3, 0.4) is 0 Å². The predicted octanol–water partition coefficient (Wildman–Crippen LogP) is 3.94. The highest BCUT2D eigenvalue weighted by Crippen LogP contribution is 2.28. The Kier molecular flexibility index (Phi) is 7.84. The Morgan fingerprint density at radius 3 is 2.26 bits per heavy atom. The molecule has 0 aromatic heterocycles. The van der Waals surface area contributed by atoms with Gasteiger partial charge in [0, 0.05) is 23.3 Å². The van der Waals surface area contributed by atoms with Gasteiger partial charge in [-0.1, -0.05) is 35.9 Å². The van der Waals surface area contributed by atoms with Crippen LogP contribution in [0.25, 0.3) is 11.1 Å². The second-order valence-corrected chi connectivity index (χ2v) is 10.1. The number of likely N-dealkylation sites (N-methyl/N-ethyl adjacent to an activating group) is 1. The van der Waals surface area contributed by atoms with Crippen LogP contribution in [-0.4, -0.2) is 55.1 Å². The number of aliphatic carboxylic acids is 1. The van der Waals surface area contributed by atoms with E-state index in [2.05, 4.69) is 4.72 Å². The second-order valence-electron chi connectivity index (χ2n) is 8.08. The Balaban J connectivity index is 1.83. The van der Waals surface area contributed by atoms with Gasteiger partial charge in [0.1, 0.15) is 0 Å². The molecular weight excluding hydrogens is 492 g/mol. The van der Waals surface area contributed by atoms with E-state index >= 15 is 0 Å². The Bertz CT molecular complexity index is 1370. The first-order valence-electron chi connectivity index (χ1n) is 10.6. The maximum atomic E-state index is 13.0. The van der Waals surface area contributed by atoms with E-state index in [-0.39, 0.29) is 10.5 Å². The van der Waals surface area contributed by atoms with E-state index in [9.17, 15) is 23.1 Å². The van der Waals surface area contributed by atoms with Crippen LogP contribution in [0, 0.1) is 13.8 Å². The lowest BCUT2D eigenvalue weighted by Gasteiger charge is -2.23. The quantitative estimate of drug-likeness (QED) is 0.416. The predicted molar refractivity (Wildman–Crippen MR) is 134 cm³/mol. The number of anilines is 1. The molecule has 0 radical (unpaired) electrons. The number of nitrogens with one attached hydrogen (secondary N) is 1. The first-order chi connectivity index (χ1) is 16.4. The van der Waals surface area contributed by atoms with Crippen molar-refractivity contribution in [3.05, 3.63) is 82.4 Å². The van der Waals surface area contributed by atoms with E-state index in [0.29, 0.717) is 27.4 Å². The van der Waals surface area contributed by atoms with Crippen LogP contribution in [0.4, 0.5) is 5.69 Å². The average Bonchev–Trinajstić information content (AvgIpc) is 2.81. The highest BCUT2D eigenvalue weighted by Gasteiger charge is 2.26. The molecule has 3 N–H and O–H groups in total. The lowest BCUT2D eigenvalue weighted by molar-refractivity contribution is -0.143. The Labute approximate surface area is 208 Å². The SMILES string of the molecule is Cc1cc(S(=O)(=O)Nc2cccc(-c3ccc(C(=O)N(C)C(CO)C(=O)O)cc3)c2)c(C)cc1Cl. The van der Waals surface area contributed by atoms with Gasteiger partial charge >= 0.3 is 5.97 Å². The van der Waals surface area contributed by atoms with Crippen molar-refractivity contribution < 1.29 is 28.2 Å². The van der Waals surface area contributed by atoms with Gasteiger partial charge < -0.3 is 15.1 Å². The van der Waals surface area contributed by atoms with Crippen molar-refractivity contribution in [2.75, 3.05) is 18.4 Å². The van der Waals surface area contributed by atoms with E-state index in [4.69, 9.17) is 16.7 Å². The summed E-state index contributed by atoms with van der Waals surface area (Å²) in [5.74, 6) is -1.85. The molecule has 3 rings (SSSR count). The molecule has 3 aromatic carbocycles. The van der Waals surface area contributed by atoms with Crippen molar-refractivity contribution in [1.29, 1.82) is 0 Å². The van der Waals surface area contributed by atoms with E-state index in [0.717, 1.165) is 10.5 Å². The van der Waals surface area contributed by atoms with Crippen molar-refractivity contribution in [2.45, 2.75) is 24.8 Å². The molecule has 0 aliphatic heterocycles. The van der Waals surface area contributed by atoms with E-state index in [1.165, 1.54) is 13.1 Å². The van der Waals surface area contributed by atoms with Gasteiger partial charge in [-0.2, -0.15) is 0 Å². The number of carbonyl (C=O) groups is 2. The molecule has 184 valence electrons. The molecule has 1 unspecified atom stereocenters. The number of halogens is 1.